The van der Waals surface area contributed by atoms with E-state index in [-0.39, 0.29) is 30.3 Å². The van der Waals surface area contributed by atoms with Crippen LogP contribution >= 0.6 is 0 Å². The number of piperidine rings is 1. The highest BCUT2D eigenvalue weighted by Crippen LogP contribution is 2.19. The first-order chi connectivity index (χ1) is 14.4. The first kappa shape index (κ1) is 23.7. The first-order valence-electron chi connectivity index (χ1n) is 11.0. The van der Waals surface area contributed by atoms with Crippen LogP contribution in [0.25, 0.3) is 0 Å². The van der Waals surface area contributed by atoms with E-state index in [1.807, 2.05) is 44.2 Å². The average molecular weight is 418 g/mol. The van der Waals surface area contributed by atoms with E-state index in [1.54, 1.807) is 4.90 Å². The second-order valence-corrected chi connectivity index (χ2v) is 8.20. The third kappa shape index (κ3) is 7.35. The molecule has 0 aromatic heterocycles. The summed E-state index contributed by atoms with van der Waals surface area (Å²) in [4.78, 5) is 39.5. The van der Waals surface area contributed by atoms with Crippen LogP contribution in [0, 0.1) is 11.8 Å². The average Bonchev–Trinajstić information content (AvgIpc) is 2.76. The lowest BCUT2D eigenvalue weighted by Crippen LogP contribution is -2.54. The van der Waals surface area contributed by atoms with Gasteiger partial charge in [0.1, 0.15) is 12.6 Å². The van der Waals surface area contributed by atoms with Gasteiger partial charge < -0.3 is 20.3 Å². The molecule has 1 aromatic carbocycles. The van der Waals surface area contributed by atoms with Crippen LogP contribution in [-0.4, -0.2) is 48.5 Å². The molecule has 7 nitrogen and oxygen atoms in total. The molecule has 1 aromatic rings. The maximum absolute atomic E-state index is 13.1. The van der Waals surface area contributed by atoms with Gasteiger partial charge in [-0.05, 0) is 30.7 Å². The van der Waals surface area contributed by atoms with E-state index in [4.69, 9.17) is 4.74 Å². The fourth-order valence-electron chi connectivity index (χ4n) is 3.53. The Hall–Kier alpha value is -2.57. The van der Waals surface area contributed by atoms with E-state index < -0.39 is 12.1 Å². The van der Waals surface area contributed by atoms with Gasteiger partial charge in [0.25, 0.3) is 0 Å². The highest BCUT2D eigenvalue weighted by molar-refractivity contribution is 5.87. The number of ether oxygens (including phenoxy) is 1. The molecule has 2 rings (SSSR count). The van der Waals surface area contributed by atoms with Crippen LogP contribution in [0.3, 0.4) is 0 Å². The Kier molecular flexibility index (Phi) is 9.64. The van der Waals surface area contributed by atoms with Crippen molar-refractivity contribution < 1.29 is 19.1 Å². The van der Waals surface area contributed by atoms with Crippen molar-refractivity contribution in [2.45, 2.75) is 59.1 Å². The normalized spacial score (nSPS) is 17.3. The van der Waals surface area contributed by atoms with Crippen molar-refractivity contribution in [1.29, 1.82) is 0 Å². The summed E-state index contributed by atoms with van der Waals surface area (Å²) < 4.78 is 5.28. The Morgan fingerprint density at radius 3 is 2.60 bits per heavy atom. The van der Waals surface area contributed by atoms with Gasteiger partial charge in [-0.3, -0.25) is 9.59 Å². The predicted molar refractivity (Wildman–Crippen MR) is 116 cm³/mol. The smallest absolute Gasteiger partial charge is 0.408 e. The molecule has 30 heavy (non-hydrogen) atoms. The van der Waals surface area contributed by atoms with Gasteiger partial charge in [0.15, 0.2) is 0 Å². The number of alkyl carbamates (subject to hydrolysis) is 1. The lowest BCUT2D eigenvalue weighted by Gasteiger charge is -2.35. The molecular weight excluding hydrogens is 382 g/mol. The molecule has 1 fully saturated rings. The molecule has 7 heteroatoms. The molecule has 1 aliphatic heterocycles. The molecule has 0 unspecified atom stereocenters. The van der Waals surface area contributed by atoms with Gasteiger partial charge in [-0.2, -0.15) is 0 Å². The van der Waals surface area contributed by atoms with E-state index in [9.17, 15) is 14.4 Å². The molecule has 2 N–H and O–H groups in total. The van der Waals surface area contributed by atoms with E-state index in [0.29, 0.717) is 19.6 Å². The Bertz CT molecular complexity index is 693. The van der Waals surface area contributed by atoms with Gasteiger partial charge in [-0.25, -0.2) is 4.79 Å². The van der Waals surface area contributed by atoms with E-state index >= 15 is 0 Å². The summed E-state index contributed by atoms with van der Waals surface area (Å²) >= 11 is 0. The minimum absolute atomic E-state index is 0.0114. The highest BCUT2D eigenvalue weighted by Gasteiger charge is 2.34. The number of carbonyl (C=O) groups is 3. The number of hydrogen-bond acceptors (Lipinski definition) is 4. The summed E-state index contributed by atoms with van der Waals surface area (Å²) in [7, 11) is 0. The number of benzene rings is 1. The van der Waals surface area contributed by atoms with Crippen molar-refractivity contribution in [1.82, 2.24) is 15.5 Å². The van der Waals surface area contributed by atoms with Gasteiger partial charge in [0, 0.05) is 19.6 Å². The molecule has 0 spiro atoms. The minimum atomic E-state index is -0.685. The fraction of sp³-hybridized carbons (Fsp3) is 0.609. The number of amides is 3. The van der Waals surface area contributed by atoms with Crippen molar-refractivity contribution in [3.8, 4) is 0 Å². The van der Waals surface area contributed by atoms with Crippen molar-refractivity contribution in [3.05, 3.63) is 35.9 Å². The van der Waals surface area contributed by atoms with E-state index in [0.717, 1.165) is 31.2 Å². The Balaban J connectivity index is 1.90. The number of carbonyl (C=O) groups excluding carboxylic acids is 3. The number of likely N-dealkylation sites (tertiary alicyclic amines) is 1. The molecule has 3 amide bonds. The van der Waals surface area contributed by atoms with Crippen LogP contribution in [0.2, 0.25) is 0 Å². The molecular formula is C23H35N3O4. The number of rotatable bonds is 9. The van der Waals surface area contributed by atoms with Crippen molar-refractivity contribution in [3.63, 3.8) is 0 Å². The minimum Gasteiger partial charge on any atom is -0.445 e. The SMILES string of the molecule is CCCCNC(=O)[C@@H]1CCCN(C(=O)[C@@H](NC(=O)OCc2ccccc2)C(C)C)C1. The Morgan fingerprint density at radius 2 is 1.93 bits per heavy atom. The van der Waals surface area contributed by atoms with Gasteiger partial charge in [0.2, 0.25) is 11.8 Å². The molecule has 0 radical (unpaired) electrons. The van der Waals surface area contributed by atoms with Crippen LogP contribution < -0.4 is 10.6 Å². The lowest BCUT2D eigenvalue weighted by atomic mass is 9.95. The molecule has 166 valence electrons. The largest absolute Gasteiger partial charge is 0.445 e. The molecule has 1 saturated heterocycles. The lowest BCUT2D eigenvalue weighted by molar-refractivity contribution is -0.138. The fourth-order valence-corrected chi connectivity index (χ4v) is 3.53. The van der Waals surface area contributed by atoms with Gasteiger partial charge in [0.05, 0.1) is 5.92 Å². The summed E-state index contributed by atoms with van der Waals surface area (Å²) in [5, 5.41) is 5.68. The van der Waals surface area contributed by atoms with E-state index in [1.165, 1.54) is 0 Å². The second kappa shape index (κ2) is 12.2. The quantitative estimate of drug-likeness (QED) is 0.605. The van der Waals surface area contributed by atoms with Gasteiger partial charge in [-0.15, -0.1) is 0 Å². The van der Waals surface area contributed by atoms with Crippen LogP contribution in [0.1, 0.15) is 52.0 Å². The number of nitrogens with one attached hydrogen (secondary N) is 2. The van der Waals surface area contributed by atoms with Crippen LogP contribution in [-0.2, 0) is 20.9 Å². The molecule has 2 atom stereocenters. The van der Waals surface area contributed by atoms with Gasteiger partial charge in [-0.1, -0.05) is 57.5 Å². The van der Waals surface area contributed by atoms with Gasteiger partial charge >= 0.3 is 6.09 Å². The summed E-state index contributed by atoms with van der Waals surface area (Å²) in [6.07, 6.45) is 2.92. The number of unbranched alkanes of at least 4 members (excludes halogenated alkanes) is 1. The zero-order chi connectivity index (χ0) is 21.9. The molecule has 1 aliphatic rings. The molecule has 0 saturated carbocycles. The molecule has 1 heterocycles. The van der Waals surface area contributed by atoms with Crippen LogP contribution in [0.5, 0.6) is 0 Å². The van der Waals surface area contributed by atoms with E-state index in [2.05, 4.69) is 17.6 Å². The number of nitrogens with zero attached hydrogens (tertiary/aromatic N) is 1. The zero-order valence-corrected chi connectivity index (χ0v) is 18.4. The zero-order valence-electron chi connectivity index (χ0n) is 18.4. The van der Waals surface area contributed by atoms with Crippen LogP contribution in [0.4, 0.5) is 4.79 Å². The molecule has 0 bridgehead atoms. The van der Waals surface area contributed by atoms with Crippen LogP contribution in [0.15, 0.2) is 30.3 Å². The van der Waals surface area contributed by atoms with Crippen molar-refractivity contribution in [2.24, 2.45) is 11.8 Å². The Labute approximate surface area is 179 Å². The summed E-state index contributed by atoms with van der Waals surface area (Å²) in [5.41, 5.74) is 0.882. The standard InChI is InChI=1S/C23H35N3O4/c1-4-5-13-24-21(27)19-12-9-14-26(15-19)22(28)20(17(2)3)25-23(29)30-16-18-10-7-6-8-11-18/h6-8,10-11,17,19-20H,4-5,9,12-16H2,1-3H3,(H,24,27)(H,25,29)/t19-,20+/m1/s1. The maximum Gasteiger partial charge on any atom is 0.408 e. The predicted octanol–water partition coefficient (Wildman–Crippen LogP) is 3.09. The molecule has 0 aliphatic carbocycles. The van der Waals surface area contributed by atoms with Crippen molar-refractivity contribution >= 4 is 17.9 Å². The monoisotopic (exact) mass is 417 g/mol. The summed E-state index contributed by atoms with van der Waals surface area (Å²) in [6, 6.07) is 8.71. The second-order valence-electron chi connectivity index (χ2n) is 8.20. The number of hydrogen-bond donors (Lipinski definition) is 2. The first-order valence-corrected chi connectivity index (χ1v) is 11.0. The third-order valence-corrected chi connectivity index (χ3v) is 5.35. The summed E-state index contributed by atoms with van der Waals surface area (Å²) in [5.74, 6) is -0.442. The third-order valence-electron chi connectivity index (χ3n) is 5.35. The van der Waals surface area contributed by atoms with Crippen molar-refractivity contribution in [2.75, 3.05) is 19.6 Å². The Morgan fingerprint density at radius 1 is 1.20 bits per heavy atom. The summed E-state index contributed by atoms with van der Waals surface area (Å²) in [6.45, 7) is 7.66. The highest BCUT2D eigenvalue weighted by atomic mass is 16.5. The maximum atomic E-state index is 13.1. The topological polar surface area (TPSA) is 87.7 Å².